The van der Waals surface area contributed by atoms with Crippen LogP contribution >= 0.6 is 0 Å². The number of amides is 1. The highest BCUT2D eigenvalue weighted by Gasteiger charge is 2.46. The number of anilines is 1. The first-order chi connectivity index (χ1) is 8.73. The van der Waals surface area contributed by atoms with E-state index in [9.17, 15) is 22.8 Å². The van der Waals surface area contributed by atoms with Crippen molar-refractivity contribution in [3.8, 4) is 0 Å². The Morgan fingerprint density at radius 2 is 1.95 bits per heavy atom. The SMILES string of the molecule is Cc1nc(C(=O)O)c2n1CCCN2C(=O)C(F)(F)F. The van der Waals surface area contributed by atoms with E-state index in [1.54, 1.807) is 0 Å². The van der Waals surface area contributed by atoms with Crippen LogP contribution in [-0.4, -0.2) is 39.3 Å². The molecule has 0 unspecified atom stereocenters. The lowest BCUT2D eigenvalue weighted by molar-refractivity contribution is -0.170. The number of halogens is 3. The number of carboxylic acid groups (broad SMARTS) is 1. The number of carboxylic acids is 1. The van der Waals surface area contributed by atoms with E-state index < -0.39 is 23.7 Å². The molecule has 9 heteroatoms. The van der Waals surface area contributed by atoms with Gasteiger partial charge in [0.25, 0.3) is 0 Å². The zero-order valence-electron chi connectivity index (χ0n) is 9.86. The predicted octanol–water partition coefficient (Wildman–Crippen LogP) is 1.19. The Balaban J connectivity index is 2.55. The van der Waals surface area contributed by atoms with E-state index in [0.29, 0.717) is 17.9 Å². The molecule has 1 aromatic rings. The Bertz CT molecular complexity index is 550. The average Bonchev–Trinajstić information content (AvgIpc) is 2.65. The van der Waals surface area contributed by atoms with E-state index in [2.05, 4.69) is 4.98 Å². The van der Waals surface area contributed by atoms with Gasteiger partial charge in [0.15, 0.2) is 11.5 Å². The van der Waals surface area contributed by atoms with Crippen molar-refractivity contribution in [2.75, 3.05) is 11.4 Å². The number of carbonyl (C=O) groups is 2. The smallest absolute Gasteiger partial charge is 0.471 e. The molecule has 19 heavy (non-hydrogen) atoms. The molecule has 0 aliphatic carbocycles. The monoisotopic (exact) mass is 277 g/mol. The van der Waals surface area contributed by atoms with E-state index in [1.165, 1.54) is 11.5 Å². The van der Waals surface area contributed by atoms with Crippen LogP contribution in [0.5, 0.6) is 0 Å². The van der Waals surface area contributed by atoms with Crippen molar-refractivity contribution >= 4 is 17.7 Å². The highest BCUT2D eigenvalue weighted by atomic mass is 19.4. The van der Waals surface area contributed by atoms with Crippen LogP contribution in [-0.2, 0) is 11.3 Å². The van der Waals surface area contributed by atoms with Gasteiger partial charge >= 0.3 is 18.1 Å². The highest BCUT2D eigenvalue weighted by molar-refractivity contribution is 6.02. The summed E-state index contributed by atoms with van der Waals surface area (Å²) >= 11 is 0. The van der Waals surface area contributed by atoms with Crippen LogP contribution < -0.4 is 4.90 Å². The summed E-state index contributed by atoms with van der Waals surface area (Å²) in [7, 11) is 0. The van der Waals surface area contributed by atoms with Gasteiger partial charge in [-0.15, -0.1) is 0 Å². The molecule has 0 radical (unpaired) electrons. The molecule has 0 saturated heterocycles. The first-order valence-corrected chi connectivity index (χ1v) is 5.42. The topological polar surface area (TPSA) is 75.4 Å². The first kappa shape index (κ1) is 13.4. The van der Waals surface area contributed by atoms with Gasteiger partial charge in [0.05, 0.1) is 0 Å². The molecular formula is C10H10F3N3O3. The number of alkyl halides is 3. The fourth-order valence-corrected chi connectivity index (χ4v) is 2.08. The maximum absolute atomic E-state index is 12.5. The molecular weight excluding hydrogens is 267 g/mol. The van der Waals surface area contributed by atoms with Crippen LogP contribution in [0.4, 0.5) is 19.0 Å². The van der Waals surface area contributed by atoms with E-state index in [1.807, 2.05) is 0 Å². The highest BCUT2D eigenvalue weighted by Crippen LogP contribution is 2.31. The summed E-state index contributed by atoms with van der Waals surface area (Å²) in [5.41, 5.74) is -0.533. The molecule has 0 fully saturated rings. The van der Waals surface area contributed by atoms with E-state index in [0.717, 1.165) is 0 Å². The Hall–Kier alpha value is -2.06. The maximum Gasteiger partial charge on any atom is 0.471 e. The van der Waals surface area contributed by atoms with Gasteiger partial charge in [-0.05, 0) is 13.3 Å². The number of fused-ring (bicyclic) bond motifs is 1. The maximum atomic E-state index is 12.5. The van der Waals surface area contributed by atoms with Gasteiger partial charge in [-0.25, -0.2) is 9.78 Å². The predicted molar refractivity (Wildman–Crippen MR) is 56.9 cm³/mol. The summed E-state index contributed by atoms with van der Waals surface area (Å²) < 4.78 is 38.8. The molecule has 1 amide bonds. The second-order valence-electron chi connectivity index (χ2n) is 4.10. The largest absolute Gasteiger partial charge is 0.476 e. The van der Waals surface area contributed by atoms with Crippen molar-refractivity contribution in [3.05, 3.63) is 11.5 Å². The molecule has 6 nitrogen and oxygen atoms in total. The van der Waals surface area contributed by atoms with Crippen molar-refractivity contribution < 1.29 is 27.9 Å². The molecule has 0 bridgehead atoms. The zero-order chi connectivity index (χ0) is 14.4. The normalized spacial score (nSPS) is 15.3. The molecule has 0 atom stereocenters. The fourth-order valence-electron chi connectivity index (χ4n) is 2.08. The lowest BCUT2D eigenvalue weighted by Crippen LogP contribution is -2.45. The quantitative estimate of drug-likeness (QED) is 0.836. The minimum absolute atomic E-state index is 0.177. The molecule has 1 aliphatic heterocycles. The molecule has 2 heterocycles. The van der Waals surface area contributed by atoms with Gasteiger partial charge in [0.2, 0.25) is 0 Å². The molecule has 0 aromatic carbocycles. The van der Waals surface area contributed by atoms with Crippen LogP contribution in [0.3, 0.4) is 0 Å². The Morgan fingerprint density at radius 3 is 2.47 bits per heavy atom. The first-order valence-electron chi connectivity index (χ1n) is 5.42. The van der Waals surface area contributed by atoms with Gasteiger partial charge < -0.3 is 9.67 Å². The number of carbonyl (C=O) groups excluding carboxylic acids is 1. The second kappa shape index (κ2) is 4.25. The summed E-state index contributed by atoms with van der Waals surface area (Å²) in [4.78, 5) is 26.5. The number of nitrogens with zero attached hydrogens (tertiary/aromatic N) is 3. The van der Waals surface area contributed by atoms with Gasteiger partial charge in [-0.3, -0.25) is 9.69 Å². The number of imidazole rings is 1. The fraction of sp³-hybridized carbons (Fsp3) is 0.500. The Labute approximate surface area is 105 Å². The number of rotatable bonds is 1. The molecule has 0 spiro atoms. The Morgan fingerprint density at radius 1 is 1.32 bits per heavy atom. The van der Waals surface area contributed by atoms with Crippen molar-refractivity contribution in [1.82, 2.24) is 9.55 Å². The van der Waals surface area contributed by atoms with E-state index in [-0.39, 0.29) is 18.2 Å². The van der Waals surface area contributed by atoms with Crippen molar-refractivity contribution in [2.24, 2.45) is 0 Å². The minimum atomic E-state index is -5.05. The summed E-state index contributed by atoms with van der Waals surface area (Å²) in [5, 5.41) is 8.96. The number of aromatic nitrogens is 2. The molecule has 0 saturated carbocycles. The van der Waals surface area contributed by atoms with E-state index >= 15 is 0 Å². The zero-order valence-corrected chi connectivity index (χ0v) is 9.86. The number of aromatic carboxylic acids is 1. The van der Waals surface area contributed by atoms with Crippen molar-refractivity contribution in [3.63, 3.8) is 0 Å². The second-order valence-corrected chi connectivity index (χ2v) is 4.10. The number of hydrogen-bond acceptors (Lipinski definition) is 3. The van der Waals surface area contributed by atoms with Crippen molar-refractivity contribution in [2.45, 2.75) is 26.1 Å². The third-order valence-electron chi connectivity index (χ3n) is 2.84. The molecule has 1 aromatic heterocycles. The lowest BCUT2D eigenvalue weighted by atomic mass is 10.2. The minimum Gasteiger partial charge on any atom is -0.476 e. The van der Waals surface area contributed by atoms with Gasteiger partial charge in [-0.1, -0.05) is 0 Å². The van der Waals surface area contributed by atoms with Crippen LogP contribution in [0.2, 0.25) is 0 Å². The third kappa shape index (κ3) is 2.15. The molecule has 1 N–H and O–H groups in total. The van der Waals surface area contributed by atoms with Crippen LogP contribution in [0.15, 0.2) is 0 Å². The molecule has 1 aliphatic rings. The standard InChI is InChI=1S/C10H10F3N3O3/c1-5-14-6(8(17)18)7-15(5)3-2-4-16(7)9(19)10(11,12)13/h2-4H2,1H3,(H,17,18). The van der Waals surface area contributed by atoms with Gasteiger partial charge in [0, 0.05) is 13.1 Å². The molecule has 104 valence electrons. The lowest BCUT2D eigenvalue weighted by Gasteiger charge is -2.29. The number of aryl methyl sites for hydroxylation is 1. The van der Waals surface area contributed by atoms with E-state index in [4.69, 9.17) is 5.11 Å². The van der Waals surface area contributed by atoms with Crippen LogP contribution in [0.1, 0.15) is 22.7 Å². The summed E-state index contributed by atoms with van der Waals surface area (Å²) in [6.45, 7) is 1.64. The van der Waals surface area contributed by atoms with Crippen molar-refractivity contribution in [1.29, 1.82) is 0 Å². The summed E-state index contributed by atoms with van der Waals surface area (Å²) in [5.74, 6) is -3.56. The summed E-state index contributed by atoms with van der Waals surface area (Å²) in [6.07, 6.45) is -4.73. The third-order valence-corrected chi connectivity index (χ3v) is 2.84. The van der Waals surface area contributed by atoms with Crippen LogP contribution in [0.25, 0.3) is 0 Å². The number of hydrogen-bond donors (Lipinski definition) is 1. The molecule has 2 rings (SSSR count). The Kier molecular flexibility index (Phi) is 2.99. The van der Waals surface area contributed by atoms with Gasteiger partial charge in [0.1, 0.15) is 5.82 Å². The average molecular weight is 277 g/mol. The summed E-state index contributed by atoms with van der Waals surface area (Å²) in [6, 6.07) is 0. The van der Waals surface area contributed by atoms with Gasteiger partial charge in [-0.2, -0.15) is 13.2 Å². The van der Waals surface area contributed by atoms with Crippen LogP contribution in [0, 0.1) is 6.92 Å².